The lowest BCUT2D eigenvalue weighted by molar-refractivity contribution is 0.433. The number of nitrogens with zero attached hydrogens (tertiary/aromatic N) is 2. The van der Waals surface area contributed by atoms with Gasteiger partial charge in [-0.15, -0.1) is 0 Å². The van der Waals surface area contributed by atoms with E-state index >= 15 is 0 Å². The minimum Gasteiger partial charge on any atom is -0.380 e. The van der Waals surface area contributed by atoms with Crippen molar-refractivity contribution in [1.82, 2.24) is 10.1 Å². The van der Waals surface area contributed by atoms with Crippen LogP contribution in [0.3, 0.4) is 0 Å². The largest absolute Gasteiger partial charge is 0.380 e. The Hall–Kier alpha value is -2.40. The Morgan fingerprint density at radius 3 is 2.70 bits per heavy atom. The molecule has 0 bridgehead atoms. The van der Waals surface area contributed by atoms with E-state index in [0.29, 0.717) is 11.1 Å². The van der Waals surface area contributed by atoms with Gasteiger partial charge in [-0.2, -0.15) is 0 Å². The summed E-state index contributed by atoms with van der Waals surface area (Å²) >= 11 is 6.05. The van der Waals surface area contributed by atoms with Crippen molar-refractivity contribution in [2.45, 2.75) is 0 Å². The number of benzene rings is 1. The van der Waals surface area contributed by atoms with Crippen LogP contribution in [0.2, 0.25) is 5.02 Å². The van der Waals surface area contributed by atoms with E-state index in [-0.39, 0.29) is 22.2 Å². The van der Waals surface area contributed by atoms with Crippen molar-refractivity contribution in [1.29, 1.82) is 0 Å². The van der Waals surface area contributed by atoms with Gasteiger partial charge in [-0.3, -0.25) is 4.98 Å². The molecule has 20 heavy (non-hydrogen) atoms. The number of halogens is 2. The van der Waals surface area contributed by atoms with Crippen LogP contribution in [-0.2, 0) is 0 Å². The Kier molecular flexibility index (Phi) is 3.12. The van der Waals surface area contributed by atoms with Crippen LogP contribution in [0.15, 0.2) is 47.2 Å². The second-order valence-electron chi connectivity index (χ2n) is 4.11. The van der Waals surface area contributed by atoms with E-state index in [1.807, 2.05) is 0 Å². The highest BCUT2D eigenvalue weighted by atomic mass is 35.5. The molecule has 100 valence electrons. The molecule has 4 nitrogen and oxygen atoms in total. The first-order valence-electron chi connectivity index (χ1n) is 5.78. The van der Waals surface area contributed by atoms with Crippen LogP contribution in [0.5, 0.6) is 0 Å². The maximum Gasteiger partial charge on any atom is 0.181 e. The SMILES string of the molecule is Nc1noc(-c2c(F)cccc2Cl)c1-c1cccnc1. The van der Waals surface area contributed by atoms with E-state index in [1.54, 1.807) is 30.6 Å². The number of hydrogen-bond donors (Lipinski definition) is 1. The van der Waals surface area contributed by atoms with Crippen molar-refractivity contribution < 1.29 is 8.91 Å². The molecule has 0 amide bonds. The molecule has 0 spiro atoms. The predicted octanol–water partition coefficient (Wildman–Crippen LogP) is 3.78. The quantitative estimate of drug-likeness (QED) is 0.780. The average Bonchev–Trinajstić information content (AvgIpc) is 2.81. The highest BCUT2D eigenvalue weighted by molar-refractivity contribution is 6.33. The van der Waals surface area contributed by atoms with Crippen molar-refractivity contribution in [3.8, 4) is 22.5 Å². The molecule has 2 N–H and O–H groups in total. The van der Waals surface area contributed by atoms with E-state index in [1.165, 1.54) is 12.1 Å². The number of aromatic nitrogens is 2. The van der Waals surface area contributed by atoms with E-state index in [9.17, 15) is 4.39 Å². The smallest absolute Gasteiger partial charge is 0.181 e. The Morgan fingerprint density at radius 2 is 2.00 bits per heavy atom. The third-order valence-corrected chi connectivity index (χ3v) is 3.17. The topological polar surface area (TPSA) is 64.9 Å². The first-order chi connectivity index (χ1) is 9.68. The minimum atomic E-state index is -0.501. The lowest BCUT2D eigenvalue weighted by Gasteiger charge is -2.05. The molecule has 0 radical (unpaired) electrons. The van der Waals surface area contributed by atoms with Gasteiger partial charge in [-0.05, 0) is 18.2 Å². The molecule has 2 heterocycles. The molecule has 0 aliphatic carbocycles. The van der Waals surface area contributed by atoms with E-state index in [4.69, 9.17) is 21.9 Å². The van der Waals surface area contributed by atoms with Gasteiger partial charge in [0.25, 0.3) is 0 Å². The molecule has 0 fully saturated rings. The molecule has 0 atom stereocenters. The number of nitrogen functional groups attached to an aromatic ring is 1. The van der Waals surface area contributed by atoms with Crippen LogP contribution >= 0.6 is 11.6 Å². The number of hydrogen-bond acceptors (Lipinski definition) is 4. The molecule has 3 aromatic rings. The fraction of sp³-hybridized carbons (Fsp3) is 0. The van der Waals surface area contributed by atoms with Crippen molar-refractivity contribution in [3.05, 3.63) is 53.6 Å². The summed E-state index contributed by atoms with van der Waals surface area (Å²) in [5.41, 5.74) is 7.11. The van der Waals surface area contributed by atoms with E-state index in [2.05, 4.69) is 10.1 Å². The highest BCUT2D eigenvalue weighted by Crippen LogP contribution is 2.40. The number of pyridine rings is 1. The summed E-state index contributed by atoms with van der Waals surface area (Å²) in [7, 11) is 0. The van der Waals surface area contributed by atoms with Gasteiger partial charge in [0.2, 0.25) is 0 Å². The number of anilines is 1. The molecule has 0 aliphatic heterocycles. The first-order valence-corrected chi connectivity index (χ1v) is 6.16. The third-order valence-electron chi connectivity index (χ3n) is 2.86. The highest BCUT2D eigenvalue weighted by Gasteiger charge is 2.22. The summed E-state index contributed by atoms with van der Waals surface area (Å²) in [4.78, 5) is 4.01. The number of nitrogens with two attached hydrogens (primary N) is 1. The Labute approximate surface area is 119 Å². The normalized spacial score (nSPS) is 10.7. The molecule has 0 saturated heterocycles. The van der Waals surface area contributed by atoms with Gasteiger partial charge in [0, 0.05) is 18.0 Å². The molecule has 3 rings (SSSR count). The molecule has 1 aromatic carbocycles. The molecule has 0 saturated carbocycles. The maximum absolute atomic E-state index is 14.0. The molecule has 2 aromatic heterocycles. The monoisotopic (exact) mass is 289 g/mol. The van der Waals surface area contributed by atoms with E-state index in [0.717, 1.165) is 0 Å². The van der Waals surface area contributed by atoms with Gasteiger partial charge in [-0.1, -0.05) is 28.9 Å². The summed E-state index contributed by atoms with van der Waals surface area (Å²) < 4.78 is 19.2. The molecule has 0 aliphatic rings. The van der Waals surface area contributed by atoms with Gasteiger partial charge in [0.05, 0.1) is 16.1 Å². The maximum atomic E-state index is 14.0. The van der Waals surface area contributed by atoms with Crippen molar-refractivity contribution in [2.75, 3.05) is 5.73 Å². The van der Waals surface area contributed by atoms with Gasteiger partial charge < -0.3 is 10.3 Å². The van der Waals surface area contributed by atoms with Crippen molar-refractivity contribution in [3.63, 3.8) is 0 Å². The van der Waals surface area contributed by atoms with Crippen LogP contribution in [0.1, 0.15) is 0 Å². The van der Waals surface area contributed by atoms with Gasteiger partial charge in [-0.25, -0.2) is 4.39 Å². The zero-order chi connectivity index (χ0) is 14.1. The van der Waals surface area contributed by atoms with Crippen molar-refractivity contribution in [2.24, 2.45) is 0 Å². The van der Waals surface area contributed by atoms with Gasteiger partial charge >= 0.3 is 0 Å². The molecular weight excluding hydrogens is 281 g/mol. The molecule has 0 unspecified atom stereocenters. The molecular formula is C14H9ClFN3O. The van der Waals surface area contributed by atoms with Crippen LogP contribution in [0.4, 0.5) is 10.2 Å². The predicted molar refractivity (Wildman–Crippen MR) is 74.6 cm³/mol. The molecule has 6 heteroatoms. The average molecular weight is 290 g/mol. The van der Waals surface area contributed by atoms with Crippen molar-refractivity contribution >= 4 is 17.4 Å². The summed E-state index contributed by atoms with van der Waals surface area (Å²) in [5, 5.41) is 3.93. The zero-order valence-electron chi connectivity index (χ0n) is 10.2. The van der Waals surface area contributed by atoms with E-state index < -0.39 is 5.82 Å². The van der Waals surface area contributed by atoms with Crippen LogP contribution < -0.4 is 5.73 Å². The van der Waals surface area contributed by atoms with Crippen LogP contribution in [0.25, 0.3) is 22.5 Å². The third kappa shape index (κ3) is 2.02. The summed E-state index contributed by atoms with van der Waals surface area (Å²) in [6.45, 7) is 0. The Balaban J connectivity index is 2.27. The Bertz CT molecular complexity index is 738. The summed E-state index contributed by atoms with van der Waals surface area (Å²) in [6, 6.07) is 7.92. The van der Waals surface area contributed by atoms with Crippen LogP contribution in [-0.4, -0.2) is 10.1 Å². The minimum absolute atomic E-state index is 0.136. The summed E-state index contributed by atoms with van der Waals surface area (Å²) in [6.07, 6.45) is 3.23. The first kappa shape index (κ1) is 12.6. The van der Waals surface area contributed by atoms with Crippen LogP contribution in [0, 0.1) is 5.82 Å². The zero-order valence-corrected chi connectivity index (χ0v) is 10.9. The number of rotatable bonds is 2. The Morgan fingerprint density at radius 1 is 1.15 bits per heavy atom. The second kappa shape index (κ2) is 4.94. The fourth-order valence-corrected chi connectivity index (χ4v) is 2.23. The lowest BCUT2D eigenvalue weighted by Crippen LogP contribution is -1.91. The van der Waals surface area contributed by atoms with Gasteiger partial charge in [0.1, 0.15) is 5.82 Å². The lowest BCUT2D eigenvalue weighted by atomic mass is 10.0. The standard InChI is InChI=1S/C14H9ClFN3O/c15-9-4-1-5-10(16)12(9)13-11(14(17)19-20-13)8-3-2-6-18-7-8/h1-7H,(H2,17,19). The van der Waals surface area contributed by atoms with Gasteiger partial charge in [0.15, 0.2) is 11.6 Å². The summed E-state index contributed by atoms with van der Waals surface area (Å²) in [5.74, 6) is -0.148. The fourth-order valence-electron chi connectivity index (χ4n) is 1.98. The second-order valence-corrected chi connectivity index (χ2v) is 4.52.